The molecule has 0 aliphatic heterocycles. The third kappa shape index (κ3) is 4.07. The average Bonchev–Trinajstić information content (AvgIpc) is 2.38. The predicted molar refractivity (Wildman–Crippen MR) is 80.8 cm³/mol. The molecule has 1 aliphatic rings. The highest BCUT2D eigenvalue weighted by Gasteiger charge is 2.21. The summed E-state index contributed by atoms with van der Waals surface area (Å²) in [5.41, 5.74) is 0. The zero-order valence-corrected chi connectivity index (χ0v) is 12.9. The Morgan fingerprint density at radius 3 is 2.84 bits per heavy atom. The van der Waals surface area contributed by atoms with E-state index in [0.29, 0.717) is 17.1 Å². The van der Waals surface area contributed by atoms with Gasteiger partial charge in [-0.2, -0.15) is 0 Å². The molecule has 2 rings (SSSR count). The van der Waals surface area contributed by atoms with E-state index in [0.717, 1.165) is 17.6 Å². The van der Waals surface area contributed by atoms with Crippen LogP contribution < -0.4 is 5.32 Å². The van der Waals surface area contributed by atoms with Gasteiger partial charge in [0.25, 0.3) is 0 Å². The third-order valence-corrected chi connectivity index (χ3v) is 4.13. The maximum Gasteiger partial charge on any atom is 0.135 e. The predicted octanol–water partition coefficient (Wildman–Crippen LogP) is 4.63. The van der Waals surface area contributed by atoms with E-state index in [1.807, 2.05) is 6.07 Å². The van der Waals surface area contributed by atoms with E-state index in [1.165, 1.54) is 32.1 Å². The van der Waals surface area contributed by atoms with Crippen molar-refractivity contribution in [2.45, 2.75) is 64.8 Å². The van der Waals surface area contributed by atoms with Gasteiger partial charge in [0.1, 0.15) is 16.8 Å². The van der Waals surface area contributed by atoms with Crippen LogP contribution in [0.15, 0.2) is 6.07 Å². The highest BCUT2D eigenvalue weighted by molar-refractivity contribution is 6.29. The number of nitrogens with zero attached hydrogens (tertiary/aromatic N) is 2. The highest BCUT2D eigenvalue weighted by atomic mass is 35.5. The van der Waals surface area contributed by atoms with Gasteiger partial charge in [-0.05, 0) is 18.8 Å². The first-order chi connectivity index (χ1) is 9.08. The fraction of sp³-hybridized carbons (Fsp3) is 0.733. The topological polar surface area (TPSA) is 37.8 Å². The van der Waals surface area contributed by atoms with E-state index in [4.69, 9.17) is 11.6 Å². The van der Waals surface area contributed by atoms with Gasteiger partial charge in [-0.1, -0.05) is 51.6 Å². The van der Waals surface area contributed by atoms with Crippen LogP contribution in [0.1, 0.15) is 64.6 Å². The quantitative estimate of drug-likeness (QED) is 0.818. The summed E-state index contributed by atoms with van der Waals surface area (Å²) in [5.74, 6) is 2.85. The molecule has 1 aliphatic carbocycles. The second-order valence-electron chi connectivity index (χ2n) is 5.87. The molecule has 1 aromatic heterocycles. The Morgan fingerprint density at radius 2 is 2.16 bits per heavy atom. The molecule has 1 heterocycles. The summed E-state index contributed by atoms with van der Waals surface area (Å²) in [7, 11) is 0. The molecule has 0 bridgehead atoms. The second-order valence-corrected chi connectivity index (χ2v) is 6.26. The van der Waals surface area contributed by atoms with Crippen molar-refractivity contribution in [2.24, 2.45) is 5.92 Å². The summed E-state index contributed by atoms with van der Waals surface area (Å²) in [5, 5.41) is 4.08. The summed E-state index contributed by atoms with van der Waals surface area (Å²) < 4.78 is 0. The van der Waals surface area contributed by atoms with Crippen molar-refractivity contribution < 1.29 is 0 Å². The van der Waals surface area contributed by atoms with E-state index >= 15 is 0 Å². The second kappa shape index (κ2) is 6.56. The smallest absolute Gasteiger partial charge is 0.135 e. The Balaban J connectivity index is 2.06. The van der Waals surface area contributed by atoms with Crippen LogP contribution in [0.3, 0.4) is 0 Å². The molecule has 2 unspecified atom stereocenters. The molecule has 0 aromatic carbocycles. The first-order valence-corrected chi connectivity index (χ1v) is 7.77. The van der Waals surface area contributed by atoms with E-state index in [1.54, 1.807) is 0 Å². The number of hydrogen-bond acceptors (Lipinski definition) is 3. The lowest BCUT2D eigenvalue weighted by Gasteiger charge is -2.29. The minimum atomic E-state index is 0.300. The summed E-state index contributed by atoms with van der Waals surface area (Å²) >= 11 is 6.08. The van der Waals surface area contributed by atoms with Crippen molar-refractivity contribution in [1.29, 1.82) is 0 Å². The largest absolute Gasteiger partial charge is 0.367 e. The molecular weight excluding hydrogens is 258 g/mol. The van der Waals surface area contributed by atoms with E-state index in [-0.39, 0.29) is 0 Å². The molecule has 19 heavy (non-hydrogen) atoms. The molecule has 0 amide bonds. The van der Waals surface area contributed by atoms with Gasteiger partial charge in [-0.25, -0.2) is 9.97 Å². The van der Waals surface area contributed by atoms with Gasteiger partial charge in [0.2, 0.25) is 0 Å². The summed E-state index contributed by atoms with van der Waals surface area (Å²) in [4.78, 5) is 8.84. The van der Waals surface area contributed by atoms with Crippen molar-refractivity contribution in [2.75, 3.05) is 5.32 Å². The fourth-order valence-corrected chi connectivity index (χ4v) is 2.96. The zero-order valence-electron chi connectivity index (χ0n) is 12.1. The van der Waals surface area contributed by atoms with E-state index in [9.17, 15) is 0 Å². The standard InChI is InChI=1S/C15H24ClN3/c1-4-11-6-5-7-12(8-11)17-14-9-13(16)18-15(19-14)10(2)3/h9-12H,4-8H2,1-3H3,(H,17,18,19). The van der Waals surface area contributed by atoms with E-state index in [2.05, 4.69) is 36.1 Å². The van der Waals surface area contributed by atoms with Gasteiger partial charge in [-0.15, -0.1) is 0 Å². The van der Waals surface area contributed by atoms with Crippen LogP contribution in [-0.2, 0) is 0 Å². The van der Waals surface area contributed by atoms with Crippen LogP contribution in [0, 0.1) is 5.92 Å². The minimum absolute atomic E-state index is 0.300. The van der Waals surface area contributed by atoms with Gasteiger partial charge >= 0.3 is 0 Å². The number of hydrogen-bond donors (Lipinski definition) is 1. The van der Waals surface area contributed by atoms with Crippen LogP contribution in [-0.4, -0.2) is 16.0 Å². The van der Waals surface area contributed by atoms with Crippen LogP contribution in [0.4, 0.5) is 5.82 Å². The highest BCUT2D eigenvalue weighted by Crippen LogP contribution is 2.29. The van der Waals surface area contributed by atoms with Crippen molar-refractivity contribution in [3.8, 4) is 0 Å². The fourth-order valence-electron chi connectivity index (χ4n) is 2.77. The Hall–Kier alpha value is -0.830. The summed E-state index contributed by atoms with van der Waals surface area (Å²) in [6.07, 6.45) is 6.44. The van der Waals surface area contributed by atoms with Gasteiger partial charge in [0.05, 0.1) is 0 Å². The lowest BCUT2D eigenvalue weighted by molar-refractivity contribution is 0.327. The Kier molecular flexibility index (Phi) is 5.03. The molecule has 106 valence electrons. The molecule has 1 N–H and O–H groups in total. The Bertz CT molecular complexity index is 420. The molecule has 4 heteroatoms. The maximum absolute atomic E-state index is 6.08. The zero-order chi connectivity index (χ0) is 13.8. The Morgan fingerprint density at radius 1 is 1.37 bits per heavy atom. The lowest BCUT2D eigenvalue weighted by Crippen LogP contribution is -2.27. The molecule has 2 atom stereocenters. The molecule has 0 spiro atoms. The third-order valence-electron chi connectivity index (χ3n) is 3.94. The van der Waals surface area contributed by atoms with Gasteiger partial charge < -0.3 is 5.32 Å². The maximum atomic E-state index is 6.08. The number of anilines is 1. The number of nitrogens with one attached hydrogen (secondary N) is 1. The molecule has 1 aromatic rings. The van der Waals surface area contributed by atoms with Crippen LogP contribution in [0.5, 0.6) is 0 Å². The van der Waals surface area contributed by atoms with Crippen LogP contribution in [0.2, 0.25) is 5.15 Å². The number of aromatic nitrogens is 2. The molecule has 0 radical (unpaired) electrons. The molecular formula is C15H24ClN3. The molecule has 3 nitrogen and oxygen atoms in total. The van der Waals surface area contributed by atoms with Crippen molar-refractivity contribution in [1.82, 2.24) is 9.97 Å². The Labute approximate surface area is 121 Å². The van der Waals surface area contributed by atoms with Crippen LogP contribution >= 0.6 is 11.6 Å². The number of halogens is 1. The van der Waals surface area contributed by atoms with Crippen molar-refractivity contribution in [3.63, 3.8) is 0 Å². The van der Waals surface area contributed by atoms with Crippen molar-refractivity contribution in [3.05, 3.63) is 17.0 Å². The first-order valence-electron chi connectivity index (χ1n) is 7.39. The minimum Gasteiger partial charge on any atom is -0.367 e. The summed E-state index contributed by atoms with van der Waals surface area (Å²) in [6, 6.07) is 2.37. The van der Waals surface area contributed by atoms with Gasteiger partial charge in [0.15, 0.2) is 0 Å². The molecule has 1 fully saturated rings. The monoisotopic (exact) mass is 281 g/mol. The van der Waals surface area contributed by atoms with E-state index < -0.39 is 0 Å². The average molecular weight is 282 g/mol. The first kappa shape index (κ1) is 14.6. The number of rotatable bonds is 4. The van der Waals surface area contributed by atoms with Crippen molar-refractivity contribution >= 4 is 17.4 Å². The molecule has 1 saturated carbocycles. The lowest BCUT2D eigenvalue weighted by atomic mass is 9.84. The molecule has 0 saturated heterocycles. The van der Waals surface area contributed by atoms with Crippen LogP contribution in [0.25, 0.3) is 0 Å². The summed E-state index contributed by atoms with van der Waals surface area (Å²) in [6.45, 7) is 6.46. The SMILES string of the molecule is CCC1CCCC(Nc2cc(Cl)nc(C(C)C)n2)C1. The van der Waals surface area contributed by atoms with Gasteiger partial charge in [0, 0.05) is 18.0 Å². The normalized spacial score (nSPS) is 23.6. The van der Waals surface area contributed by atoms with Gasteiger partial charge in [-0.3, -0.25) is 0 Å².